The molecule has 6 heteroatoms. The molecular formula is C12H15BrN2O2S. The molecule has 0 unspecified atom stereocenters. The van der Waals surface area contributed by atoms with E-state index in [1.165, 1.54) is 3.97 Å². The molecule has 0 aromatic carbocycles. The lowest BCUT2D eigenvalue weighted by molar-refractivity contribution is 0.583. The normalized spacial score (nSPS) is 12.1. The smallest absolute Gasteiger partial charge is 0.237 e. The number of hydrogen-bond donors (Lipinski definition) is 0. The van der Waals surface area contributed by atoms with Crippen LogP contribution in [0.1, 0.15) is 26.2 Å². The lowest BCUT2D eigenvalue weighted by Crippen LogP contribution is -2.16. The zero-order chi connectivity index (χ0) is 13.2. The first-order valence-electron chi connectivity index (χ1n) is 5.91. The summed E-state index contributed by atoms with van der Waals surface area (Å²) in [5, 5.41) is 0.816. The van der Waals surface area contributed by atoms with Gasteiger partial charge in [0.25, 0.3) is 0 Å². The van der Waals surface area contributed by atoms with Gasteiger partial charge in [-0.05, 0) is 34.5 Å². The summed E-state index contributed by atoms with van der Waals surface area (Å²) < 4.78 is 26.5. The fourth-order valence-electron chi connectivity index (χ4n) is 1.84. The second-order valence-corrected chi connectivity index (χ2v) is 6.98. The van der Waals surface area contributed by atoms with Gasteiger partial charge >= 0.3 is 0 Å². The largest absolute Gasteiger partial charge is 0.240 e. The van der Waals surface area contributed by atoms with Crippen LogP contribution in [0.3, 0.4) is 0 Å². The Bertz CT molecular complexity index is 649. The van der Waals surface area contributed by atoms with Gasteiger partial charge in [-0.1, -0.05) is 19.8 Å². The van der Waals surface area contributed by atoms with E-state index < -0.39 is 10.0 Å². The first kappa shape index (κ1) is 13.5. The maximum absolute atomic E-state index is 12.2. The highest BCUT2D eigenvalue weighted by atomic mass is 79.9. The van der Waals surface area contributed by atoms with E-state index in [4.69, 9.17) is 0 Å². The fraction of sp³-hybridized carbons (Fsp3) is 0.417. The van der Waals surface area contributed by atoms with Gasteiger partial charge in [-0.2, -0.15) is 0 Å². The lowest BCUT2D eigenvalue weighted by atomic mass is 10.3. The van der Waals surface area contributed by atoms with Crippen LogP contribution in [0.25, 0.3) is 11.0 Å². The van der Waals surface area contributed by atoms with Crippen LogP contribution in [0.5, 0.6) is 0 Å². The number of pyridine rings is 1. The van der Waals surface area contributed by atoms with Crippen LogP contribution in [-0.2, 0) is 10.0 Å². The lowest BCUT2D eigenvalue weighted by Gasteiger charge is -2.06. The van der Waals surface area contributed by atoms with E-state index in [9.17, 15) is 8.42 Å². The van der Waals surface area contributed by atoms with Crippen LogP contribution in [0.15, 0.2) is 29.0 Å². The van der Waals surface area contributed by atoms with Crippen LogP contribution >= 0.6 is 15.9 Å². The minimum atomic E-state index is -3.30. The van der Waals surface area contributed by atoms with Crippen molar-refractivity contribution < 1.29 is 8.42 Å². The standard InChI is InChI=1S/C12H15BrN2O2S/c1-2-3-4-9-18(16,17)15-8-6-10-11(13)5-7-14-12(10)15/h5-8H,2-4,9H2,1H3. The molecule has 2 aromatic heterocycles. The van der Waals surface area contributed by atoms with Gasteiger partial charge in [0.1, 0.15) is 0 Å². The zero-order valence-corrected chi connectivity index (χ0v) is 12.5. The van der Waals surface area contributed by atoms with Crippen molar-refractivity contribution in [2.45, 2.75) is 26.2 Å². The van der Waals surface area contributed by atoms with E-state index >= 15 is 0 Å². The Hall–Kier alpha value is -0.880. The van der Waals surface area contributed by atoms with Gasteiger partial charge in [0, 0.05) is 22.3 Å². The van der Waals surface area contributed by atoms with Crippen LogP contribution in [-0.4, -0.2) is 23.1 Å². The van der Waals surface area contributed by atoms with E-state index in [-0.39, 0.29) is 5.75 Å². The Balaban J connectivity index is 2.39. The molecule has 0 saturated heterocycles. The first-order chi connectivity index (χ1) is 8.56. The molecule has 0 atom stereocenters. The molecule has 0 radical (unpaired) electrons. The summed E-state index contributed by atoms with van der Waals surface area (Å²) in [6, 6.07) is 3.57. The third-order valence-corrected chi connectivity index (χ3v) is 5.20. The third kappa shape index (κ3) is 2.59. The highest BCUT2D eigenvalue weighted by Gasteiger charge is 2.16. The Morgan fingerprint density at radius 2 is 2.11 bits per heavy atom. The molecule has 0 fully saturated rings. The number of nitrogens with zero attached hydrogens (tertiary/aromatic N) is 2. The SMILES string of the molecule is CCCCCS(=O)(=O)n1ccc2c(Br)ccnc21. The Morgan fingerprint density at radius 1 is 1.33 bits per heavy atom. The molecule has 0 aliphatic heterocycles. The molecule has 0 aliphatic carbocycles. The first-order valence-corrected chi connectivity index (χ1v) is 8.31. The summed E-state index contributed by atoms with van der Waals surface area (Å²) in [5.74, 6) is 0.165. The van der Waals surface area contributed by atoms with Crippen LogP contribution < -0.4 is 0 Å². The van der Waals surface area contributed by atoms with Crippen molar-refractivity contribution in [3.8, 4) is 0 Å². The number of rotatable bonds is 5. The van der Waals surface area contributed by atoms with Gasteiger partial charge in [-0.25, -0.2) is 17.4 Å². The molecule has 2 heterocycles. The van der Waals surface area contributed by atoms with Gasteiger partial charge < -0.3 is 0 Å². The van der Waals surface area contributed by atoms with Gasteiger partial charge in [0.15, 0.2) is 5.65 Å². The zero-order valence-electron chi connectivity index (χ0n) is 10.1. The predicted octanol–water partition coefficient (Wildman–Crippen LogP) is 3.17. The fourth-order valence-corrected chi connectivity index (χ4v) is 3.69. The summed E-state index contributed by atoms with van der Waals surface area (Å²) in [6.07, 6.45) is 5.79. The molecule has 0 bridgehead atoms. The summed E-state index contributed by atoms with van der Waals surface area (Å²) in [4.78, 5) is 4.15. The average Bonchev–Trinajstić information content (AvgIpc) is 2.75. The molecular weight excluding hydrogens is 316 g/mol. The second kappa shape index (κ2) is 5.40. The van der Waals surface area contributed by atoms with Crippen LogP contribution in [0.2, 0.25) is 0 Å². The number of aromatic nitrogens is 2. The Kier molecular flexibility index (Phi) is 4.07. The summed E-state index contributed by atoms with van der Waals surface area (Å²) in [5.41, 5.74) is 0.487. The van der Waals surface area contributed by atoms with Crippen molar-refractivity contribution in [2.75, 3.05) is 5.75 Å². The van der Waals surface area contributed by atoms with E-state index in [1.807, 2.05) is 0 Å². The molecule has 0 aliphatic rings. The second-order valence-electron chi connectivity index (χ2n) is 4.16. The van der Waals surface area contributed by atoms with Crippen molar-refractivity contribution in [2.24, 2.45) is 0 Å². The van der Waals surface area contributed by atoms with Crippen molar-refractivity contribution in [1.29, 1.82) is 0 Å². The van der Waals surface area contributed by atoms with E-state index in [1.54, 1.807) is 24.5 Å². The van der Waals surface area contributed by atoms with Gasteiger partial charge in [0.2, 0.25) is 10.0 Å². The van der Waals surface area contributed by atoms with Gasteiger partial charge in [0.05, 0.1) is 5.75 Å². The number of fused-ring (bicyclic) bond motifs is 1. The molecule has 0 amide bonds. The van der Waals surface area contributed by atoms with Crippen molar-refractivity contribution in [3.63, 3.8) is 0 Å². The van der Waals surface area contributed by atoms with E-state index in [0.29, 0.717) is 12.1 Å². The maximum Gasteiger partial charge on any atom is 0.240 e. The van der Waals surface area contributed by atoms with Gasteiger partial charge in [-0.15, -0.1) is 0 Å². The molecule has 18 heavy (non-hydrogen) atoms. The van der Waals surface area contributed by atoms with E-state index in [0.717, 1.165) is 22.7 Å². The Labute approximate surface area is 115 Å². The van der Waals surface area contributed by atoms with Crippen molar-refractivity contribution >= 4 is 37.0 Å². The number of unbranched alkanes of at least 4 members (excludes halogenated alkanes) is 2. The summed E-state index contributed by atoms with van der Waals surface area (Å²) in [7, 11) is -3.30. The maximum atomic E-state index is 12.2. The molecule has 98 valence electrons. The summed E-state index contributed by atoms with van der Waals surface area (Å²) >= 11 is 3.39. The Morgan fingerprint density at radius 3 is 2.83 bits per heavy atom. The van der Waals surface area contributed by atoms with Crippen molar-refractivity contribution in [1.82, 2.24) is 8.96 Å². The topological polar surface area (TPSA) is 52.0 Å². The van der Waals surface area contributed by atoms with Crippen LogP contribution in [0.4, 0.5) is 0 Å². The number of halogens is 1. The third-order valence-electron chi connectivity index (χ3n) is 2.81. The molecule has 4 nitrogen and oxygen atoms in total. The molecule has 2 aromatic rings. The van der Waals surface area contributed by atoms with Crippen LogP contribution in [0, 0.1) is 0 Å². The monoisotopic (exact) mass is 330 g/mol. The average molecular weight is 331 g/mol. The van der Waals surface area contributed by atoms with E-state index in [2.05, 4.69) is 27.8 Å². The summed E-state index contributed by atoms with van der Waals surface area (Å²) in [6.45, 7) is 2.05. The molecule has 0 saturated carbocycles. The predicted molar refractivity (Wildman–Crippen MR) is 76.1 cm³/mol. The molecule has 0 N–H and O–H groups in total. The highest BCUT2D eigenvalue weighted by Crippen LogP contribution is 2.24. The highest BCUT2D eigenvalue weighted by molar-refractivity contribution is 9.10. The van der Waals surface area contributed by atoms with Gasteiger partial charge in [-0.3, -0.25) is 0 Å². The number of hydrogen-bond acceptors (Lipinski definition) is 3. The minimum Gasteiger partial charge on any atom is -0.237 e. The minimum absolute atomic E-state index is 0.165. The quantitative estimate of drug-likeness (QED) is 0.791. The van der Waals surface area contributed by atoms with Crippen molar-refractivity contribution in [3.05, 3.63) is 29.0 Å². The molecule has 2 rings (SSSR count). The molecule has 0 spiro atoms.